The van der Waals surface area contributed by atoms with Gasteiger partial charge in [-0.3, -0.25) is 29.9 Å². The van der Waals surface area contributed by atoms with E-state index in [-0.39, 0.29) is 46.0 Å². The summed E-state index contributed by atoms with van der Waals surface area (Å²) in [5, 5.41) is 8.22. The second-order valence-corrected chi connectivity index (χ2v) is 17.0. The third kappa shape index (κ3) is 25.4. The molecule has 372 valence electrons. The zero-order chi connectivity index (χ0) is 48.7. The fraction of sp³-hybridized carbons (Fsp3) is 0. The SMILES string of the molecule is F[P-](F)(F)(F)(F)F.F[P-](F)(F)(F)(F)F.[Cl-].[Co+2].[Co+2].c1ccc(-c2cc(-c3ccccn3)[n-]n2)nc1.c1ccc(-c2cccc(-c3ccccn3)n2)nc1.c1ccc(-c2cccc(-c3ccccn3)n2)nc1. The Balaban J connectivity index is 0.000000312. The minimum absolute atomic E-state index is 0. The molecule has 0 amide bonds. The molecule has 0 fully saturated rings. The van der Waals surface area contributed by atoms with Crippen molar-refractivity contribution >= 4 is 15.6 Å². The summed E-state index contributed by atoms with van der Waals surface area (Å²) in [5.74, 6) is 0. The van der Waals surface area contributed by atoms with Gasteiger partial charge < -0.3 is 22.6 Å². The molecule has 9 heterocycles. The Hall–Kier alpha value is -6.27. The van der Waals surface area contributed by atoms with Crippen LogP contribution in [0, 0.1) is 0 Å². The minimum atomic E-state index is -10.7. The van der Waals surface area contributed by atoms with Crippen LogP contribution in [-0.4, -0.2) is 45.0 Å². The van der Waals surface area contributed by atoms with Crippen LogP contribution >= 0.6 is 15.6 Å². The van der Waals surface area contributed by atoms with E-state index in [9.17, 15) is 50.4 Å². The molecule has 0 bridgehead atoms. The molecule has 0 saturated carbocycles. The van der Waals surface area contributed by atoms with Gasteiger partial charge in [-0.1, -0.05) is 54.2 Å². The van der Waals surface area contributed by atoms with Gasteiger partial charge in [-0.05, 0) is 103 Å². The first kappa shape index (κ1) is 59.9. The van der Waals surface area contributed by atoms with Crippen molar-refractivity contribution in [3.8, 4) is 68.3 Å². The predicted octanol–water partition coefficient (Wildman–Crippen LogP) is 12.3. The molecule has 2 radical (unpaired) electrons. The Morgan fingerprint density at radius 3 is 0.729 bits per heavy atom. The number of hydrogen-bond donors (Lipinski definition) is 0. The van der Waals surface area contributed by atoms with Crippen molar-refractivity contribution in [1.29, 1.82) is 0 Å². The summed E-state index contributed by atoms with van der Waals surface area (Å²) in [4.78, 5) is 34.8. The van der Waals surface area contributed by atoms with E-state index in [1.54, 1.807) is 37.2 Å². The average molecular weight is 1130 g/mol. The zero-order valence-corrected chi connectivity index (χ0v) is 39.5. The normalized spacial score (nSPS) is 12.4. The number of hydrogen-bond acceptors (Lipinski definition) is 9. The van der Waals surface area contributed by atoms with Crippen LogP contribution in [0.3, 0.4) is 0 Å². The molecule has 27 heteroatoms. The molecule has 70 heavy (non-hydrogen) atoms. The van der Waals surface area contributed by atoms with Gasteiger partial charge in [0, 0.05) is 42.9 Å². The van der Waals surface area contributed by atoms with Gasteiger partial charge in [0.1, 0.15) is 0 Å². The van der Waals surface area contributed by atoms with Gasteiger partial charge in [-0.2, -0.15) is 0 Å². The van der Waals surface area contributed by atoms with Gasteiger partial charge in [-0.25, -0.2) is 9.97 Å². The Morgan fingerprint density at radius 2 is 0.500 bits per heavy atom. The first-order chi connectivity index (χ1) is 31.2. The van der Waals surface area contributed by atoms with Crippen molar-refractivity contribution in [2.75, 3.05) is 0 Å². The van der Waals surface area contributed by atoms with Crippen LogP contribution in [0.5, 0.6) is 0 Å². The van der Waals surface area contributed by atoms with E-state index in [1.807, 2.05) is 152 Å². The second-order valence-electron chi connectivity index (χ2n) is 13.1. The van der Waals surface area contributed by atoms with Gasteiger partial charge in [0.05, 0.1) is 56.9 Å². The summed E-state index contributed by atoms with van der Waals surface area (Å²) in [6.07, 6.45) is 10.6. The molecule has 0 aliphatic carbocycles. The Bertz CT molecular complexity index is 2620. The molecular weight excluding hydrogens is 1100 g/mol. The summed E-state index contributed by atoms with van der Waals surface area (Å²) in [5.41, 5.74) is 10.1. The summed E-state index contributed by atoms with van der Waals surface area (Å²) >= 11 is 0. The van der Waals surface area contributed by atoms with E-state index in [4.69, 9.17) is 0 Å². The average Bonchev–Trinajstić information content (AvgIpc) is 3.80. The number of halogens is 13. The quantitative estimate of drug-likeness (QED) is 0.117. The molecule has 9 aromatic heterocycles. The molecule has 0 atom stereocenters. The topological polar surface area (TPSA) is 130 Å². The predicted molar refractivity (Wildman–Crippen MR) is 233 cm³/mol. The molecule has 0 saturated heterocycles. The van der Waals surface area contributed by atoms with E-state index >= 15 is 0 Å². The molecule has 0 unspecified atom stereocenters. The summed E-state index contributed by atoms with van der Waals surface area (Å²) in [7, 11) is -21.3. The van der Waals surface area contributed by atoms with Gasteiger partial charge in [0.25, 0.3) is 0 Å². The Kier molecular flexibility index (Phi) is 20.1. The zero-order valence-electron chi connectivity index (χ0n) is 34.8. The Labute approximate surface area is 417 Å². The van der Waals surface area contributed by atoms with Crippen LogP contribution < -0.4 is 17.5 Å². The second kappa shape index (κ2) is 23.6. The third-order valence-electron chi connectivity index (χ3n) is 7.60. The maximum Gasteiger partial charge on any atom is 2.00 e. The summed E-state index contributed by atoms with van der Waals surface area (Å²) in [6, 6.07) is 48.3. The van der Waals surface area contributed by atoms with Crippen LogP contribution in [-0.2, 0) is 33.6 Å². The molecule has 9 rings (SSSR count). The maximum absolute atomic E-state index is 10.7. The molecule has 0 aliphatic heterocycles. The van der Waals surface area contributed by atoms with Crippen LogP contribution in [0.4, 0.5) is 50.4 Å². The van der Waals surface area contributed by atoms with Crippen LogP contribution in [0.25, 0.3) is 68.3 Å². The van der Waals surface area contributed by atoms with Crippen LogP contribution in [0.15, 0.2) is 189 Å². The maximum atomic E-state index is 9.87. The number of nitrogens with zero attached hydrogens (tertiary/aromatic N) is 10. The van der Waals surface area contributed by atoms with Gasteiger partial charge in [0.2, 0.25) is 0 Å². The standard InChI is InChI=1S/2C15H11N3.C13H9N4.ClH.2Co.2F6P/c2*1-3-10-16-12(6-1)14-8-5-9-15(18-14)13-7-2-4-11-17-13;1-3-7-14-10(5-1)12-9-13(17-16-12)11-6-2-4-8-15-11;;;;2*1-7(2,3,4,5)6/h2*1-11H;1-9H;1H;;;;/q;;-1;;2*+2;2*-1/p-1. The molecule has 0 N–H and O–H groups in total. The number of aromatic nitrogens is 10. The first-order valence-electron chi connectivity index (χ1n) is 18.8. The number of rotatable bonds is 6. The Morgan fingerprint density at radius 1 is 0.286 bits per heavy atom. The molecule has 0 aliphatic rings. The van der Waals surface area contributed by atoms with Crippen molar-refractivity contribution in [3.63, 3.8) is 0 Å². The van der Waals surface area contributed by atoms with E-state index in [0.717, 1.165) is 68.3 Å². The molecular formula is C43H31ClCo2F12N10P2. The van der Waals surface area contributed by atoms with Gasteiger partial charge in [-0.15, -0.1) is 0 Å². The van der Waals surface area contributed by atoms with Crippen molar-refractivity contribution in [1.82, 2.24) is 50.1 Å². The number of pyridine rings is 8. The van der Waals surface area contributed by atoms with E-state index < -0.39 is 15.6 Å². The summed E-state index contributed by atoms with van der Waals surface area (Å²) in [6.45, 7) is 0. The monoisotopic (exact) mass is 1130 g/mol. The summed E-state index contributed by atoms with van der Waals surface area (Å²) < 4.78 is 118. The van der Waals surface area contributed by atoms with Gasteiger partial charge >= 0.3 is 99.5 Å². The molecule has 10 nitrogen and oxygen atoms in total. The van der Waals surface area contributed by atoms with Crippen LogP contribution in [0.2, 0.25) is 0 Å². The first-order valence-corrected chi connectivity index (χ1v) is 22.8. The van der Waals surface area contributed by atoms with Gasteiger partial charge in [0.15, 0.2) is 0 Å². The fourth-order valence-corrected chi connectivity index (χ4v) is 5.07. The van der Waals surface area contributed by atoms with E-state index in [2.05, 4.69) is 50.1 Å². The minimum Gasteiger partial charge on any atom is -1.00 e. The van der Waals surface area contributed by atoms with Crippen molar-refractivity contribution in [3.05, 3.63) is 189 Å². The molecule has 0 spiro atoms. The van der Waals surface area contributed by atoms with E-state index in [0.29, 0.717) is 0 Å². The largest absolute Gasteiger partial charge is 2.00 e. The molecule has 9 aromatic rings. The van der Waals surface area contributed by atoms with Crippen molar-refractivity contribution in [2.24, 2.45) is 0 Å². The van der Waals surface area contributed by atoms with Crippen molar-refractivity contribution < 1.29 is 96.3 Å². The fourth-order valence-electron chi connectivity index (χ4n) is 5.07. The van der Waals surface area contributed by atoms with Crippen molar-refractivity contribution in [2.45, 2.75) is 0 Å². The van der Waals surface area contributed by atoms with E-state index in [1.165, 1.54) is 0 Å². The molecule has 0 aromatic carbocycles. The van der Waals surface area contributed by atoms with Crippen LogP contribution in [0.1, 0.15) is 0 Å². The third-order valence-corrected chi connectivity index (χ3v) is 7.60. The smallest absolute Gasteiger partial charge is 1.00 e.